The molecule has 3 heteroatoms. The number of rotatable bonds is 8. The monoisotopic (exact) mass is 214 g/mol. The fourth-order valence-electron chi connectivity index (χ4n) is 1.92. The van der Waals surface area contributed by atoms with Gasteiger partial charge in [0.15, 0.2) is 0 Å². The molecule has 0 saturated heterocycles. The standard InChI is InChI=1S/C12H26N2O/c1-4-12(13,5-2)10-14(8-9-15-3)11-6-7-11/h11H,4-10,13H2,1-3H3. The Morgan fingerprint density at radius 1 is 1.33 bits per heavy atom. The molecule has 0 aromatic rings. The lowest BCUT2D eigenvalue weighted by Crippen LogP contribution is -2.50. The highest BCUT2D eigenvalue weighted by Gasteiger charge is 2.33. The van der Waals surface area contributed by atoms with Gasteiger partial charge in [0.2, 0.25) is 0 Å². The van der Waals surface area contributed by atoms with Crippen LogP contribution in [0.4, 0.5) is 0 Å². The van der Waals surface area contributed by atoms with Gasteiger partial charge in [0.25, 0.3) is 0 Å². The van der Waals surface area contributed by atoms with Gasteiger partial charge < -0.3 is 10.5 Å². The second-order valence-corrected chi connectivity index (χ2v) is 4.76. The van der Waals surface area contributed by atoms with E-state index in [2.05, 4.69) is 18.7 Å². The molecule has 0 bridgehead atoms. The average Bonchev–Trinajstić information content (AvgIpc) is 3.07. The van der Waals surface area contributed by atoms with Crippen molar-refractivity contribution in [1.29, 1.82) is 0 Å². The zero-order valence-electron chi connectivity index (χ0n) is 10.5. The summed E-state index contributed by atoms with van der Waals surface area (Å²) in [6, 6.07) is 0.779. The van der Waals surface area contributed by atoms with Crippen LogP contribution in [0.2, 0.25) is 0 Å². The van der Waals surface area contributed by atoms with Crippen LogP contribution in [0.5, 0.6) is 0 Å². The van der Waals surface area contributed by atoms with Crippen molar-refractivity contribution in [2.24, 2.45) is 5.73 Å². The van der Waals surface area contributed by atoms with E-state index in [0.717, 1.165) is 38.6 Å². The van der Waals surface area contributed by atoms with Gasteiger partial charge in [0.1, 0.15) is 0 Å². The first-order valence-electron chi connectivity index (χ1n) is 6.17. The number of hydrogen-bond acceptors (Lipinski definition) is 3. The molecule has 90 valence electrons. The summed E-state index contributed by atoms with van der Waals surface area (Å²) < 4.78 is 5.15. The van der Waals surface area contributed by atoms with Crippen molar-refractivity contribution in [1.82, 2.24) is 4.90 Å². The van der Waals surface area contributed by atoms with Crippen molar-refractivity contribution in [2.75, 3.05) is 26.8 Å². The number of hydrogen-bond donors (Lipinski definition) is 1. The molecule has 0 radical (unpaired) electrons. The van der Waals surface area contributed by atoms with Crippen LogP contribution >= 0.6 is 0 Å². The van der Waals surface area contributed by atoms with Gasteiger partial charge in [-0.2, -0.15) is 0 Å². The molecule has 0 aliphatic heterocycles. The van der Waals surface area contributed by atoms with Crippen LogP contribution in [-0.4, -0.2) is 43.3 Å². The lowest BCUT2D eigenvalue weighted by molar-refractivity contribution is 0.122. The van der Waals surface area contributed by atoms with E-state index in [4.69, 9.17) is 10.5 Å². The van der Waals surface area contributed by atoms with Crippen LogP contribution in [-0.2, 0) is 4.74 Å². The van der Waals surface area contributed by atoms with Gasteiger partial charge in [-0.3, -0.25) is 4.90 Å². The molecule has 0 spiro atoms. The summed E-state index contributed by atoms with van der Waals surface area (Å²) in [5.74, 6) is 0. The van der Waals surface area contributed by atoms with E-state index in [-0.39, 0.29) is 5.54 Å². The van der Waals surface area contributed by atoms with E-state index < -0.39 is 0 Å². The normalized spacial score (nSPS) is 17.4. The molecule has 0 heterocycles. The average molecular weight is 214 g/mol. The third-order valence-electron chi connectivity index (χ3n) is 3.57. The molecule has 0 aromatic heterocycles. The zero-order valence-corrected chi connectivity index (χ0v) is 10.5. The Hall–Kier alpha value is -0.120. The van der Waals surface area contributed by atoms with Crippen LogP contribution in [0, 0.1) is 0 Å². The smallest absolute Gasteiger partial charge is 0.0589 e. The first-order chi connectivity index (χ1) is 7.15. The topological polar surface area (TPSA) is 38.5 Å². The van der Waals surface area contributed by atoms with Gasteiger partial charge in [-0.05, 0) is 25.7 Å². The highest BCUT2D eigenvalue weighted by Crippen LogP contribution is 2.28. The Labute approximate surface area is 94.0 Å². The second-order valence-electron chi connectivity index (χ2n) is 4.76. The Bertz CT molecular complexity index is 176. The molecule has 3 nitrogen and oxygen atoms in total. The first kappa shape index (κ1) is 12.9. The number of methoxy groups -OCH3 is 1. The number of nitrogens with two attached hydrogens (primary N) is 1. The van der Waals surface area contributed by atoms with Crippen molar-refractivity contribution in [3.63, 3.8) is 0 Å². The minimum atomic E-state index is -0.00364. The Balaban J connectivity index is 2.41. The highest BCUT2D eigenvalue weighted by atomic mass is 16.5. The molecule has 1 rings (SSSR count). The fraction of sp³-hybridized carbons (Fsp3) is 1.00. The maximum absolute atomic E-state index is 6.35. The van der Waals surface area contributed by atoms with E-state index >= 15 is 0 Å². The van der Waals surface area contributed by atoms with E-state index in [1.54, 1.807) is 7.11 Å². The molecule has 1 aliphatic rings. The van der Waals surface area contributed by atoms with E-state index in [9.17, 15) is 0 Å². The molecule has 0 amide bonds. The molecule has 1 fully saturated rings. The van der Waals surface area contributed by atoms with Gasteiger partial charge in [-0.25, -0.2) is 0 Å². The summed E-state index contributed by atoms with van der Waals surface area (Å²) in [6.45, 7) is 7.24. The van der Waals surface area contributed by atoms with E-state index in [1.807, 2.05) is 0 Å². The van der Waals surface area contributed by atoms with Crippen molar-refractivity contribution in [3.8, 4) is 0 Å². The molecule has 0 aromatic carbocycles. The lowest BCUT2D eigenvalue weighted by Gasteiger charge is -2.34. The van der Waals surface area contributed by atoms with E-state index in [0.29, 0.717) is 0 Å². The lowest BCUT2D eigenvalue weighted by atomic mass is 9.93. The molecular weight excluding hydrogens is 188 g/mol. The van der Waals surface area contributed by atoms with Crippen molar-refractivity contribution >= 4 is 0 Å². The highest BCUT2D eigenvalue weighted by molar-refractivity contribution is 4.92. The molecule has 0 atom stereocenters. The maximum Gasteiger partial charge on any atom is 0.0589 e. The van der Waals surface area contributed by atoms with Crippen molar-refractivity contribution in [2.45, 2.75) is 51.1 Å². The van der Waals surface area contributed by atoms with Gasteiger partial charge in [-0.1, -0.05) is 13.8 Å². The van der Waals surface area contributed by atoms with Crippen LogP contribution in [0.1, 0.15) is 39.5 Å². The molecule has 15 heavy (non-hydrogen) atoms. The summed E-state index contributed by atoms with van der Waals surface area (Å²) in [5.41, 5.74) is 6.35. The summed E-state index contributed by atoms with van der Waals surface area (Å²) in [4.78, 5) is 2.51. The minimum absolute atomic E-state index is 0.00364. The van der Waals surface area contributed by atoms with Crippen LogP contribution < -0.4 is 5.73 Å². The second kappa shape index (κ2) is 5.83. The Morgan fingerprint density at radius 2 is 1.93 bits per heavy atom. The predicted molar refractivity (Wildman–Crippen MR) is 64.0 cm³/mol. The van der Waals surface area contributed by atoms with Crippen LogP contribution in [0.3, 0.4) is 0 Å². The van der Waals surface area contributed by atoms with Gasteiger partial charge in [0.05, 0.1) is 6.61 Å². The van der Waals surface area contributed by atoms with Gasteiger partial charge >= 0.3 is 0 Å². The summed E-state index contributed by atoms with van der Waals surface area (Å²) >= 11 is 0. The summed E-state index contributed by atoms with van der Waals surface area (Å²) in [7, 11) is 1.76. The molecule has 1 aliphatic carbocycles. The van der Waals surface area contributed by atoms with Crippen LogP contribution in [0.25, 0.3) is 0 Å². The molecule has 2 N–H and O–H groups in total. The molecular formula is C12H26N2O. The summed E-state index contributed by atoms with van der Waals surface area (Å²) in [6.07, 6.45) is 4.79. The zero-order chi connectivity index (χ0) is 11.3. The van der Waals surface area contributed by atoms with E-state index in [1.165, 1.54) is 12.8 Å². The Kier molecular flexibility index (Phi) is 5.03. The Morgan fingerprint density at radius 3 is 2.33 bits per heavy atom. The minimum Gasteiger partial charge on any atom is -0.383 e. The molecule has 1 saturated carbocycles. The number of nitrogens with zero attached hydrogens (tertiary/aromatic N) is 1. The fourth-order valence-corrected chi connectivity index (χ4v) is 1.92. The largest absolute Gasteiger partial charge is 0.383 e. The van der Waals surface area contributed by atoms with Crippen molar-refractivity contribution < 1.29 is 4.74 Å². The first-order valence-corrected chi connectivity index (χ1v) is 6.17. The SMILES string of the molecule is CCC(N)(CC)CN(CCOC)C1CC1. The maximum atomic E-state index is 6.35. The third kappa shape index (κ3) is 4.09. The van der Waals surface area contributed by atoms with Gasteiger partial charge in [-0.15, -0.1) is 0 Å². The predicted octanol–water partition coefficient (Wildman–Crippen LogP) is 1.61. The molecule has 0 unspecified atom stereocenters. The third-order valence-corrected chi connectivity index (χ3v) is 3.57. The van der Waals surface area contributed by atoms with Crippen LogP contribution in [0.15, 0.2) is 0 Å². The number of ether oxygens (including phenoxy) is 1. The van der Waals surface area contributed by atoms with Gasteiger partial charge in [0, 0.05) is 31.8 Å². The summed E-state index contributed by atoms with van der Waals surface area (Å²) in [5, 5.41) is 0. The van der Waals surface area contributed by atoms with Crippen molar-refractivity contribution in [3.05, 3.63) is 0 Å². The quantitative estimate of drug-likeness (QED) is 0.667.